The Morgan fingerprint density at radius 3 is 2.69 bits per heavy atom. The van der Waals surface area contributed by atoms with Gasteiger partial charge in [0, 0.05) is 30.4 Å². The lowest BCUT2D eigenvalue weighted by molar-refractivity contribution is 0.281. The van der Waals surface area contributed by atoms with E-state index in [1.54, 1.807) is 12.1 Å². The highest BCUT2D eigenvalue weighted by molar-refractivity contribution is 7.82. The smallest absolute Gasteiger partial charge is 0.152 e. The summed E-state index contributed by atoms with van der Waals surface area (Å²) in [5, 5.41) is 1.43. The number of hydrazine groups is 1. The number of fused-ring (bicyclic) bond motifs is 1. The molecule has 0 radical (unpaired) electrons. The first-order valence-electron chi connectivity index (χ1n) is 11.8. The van der Waals surface area contributed by atoms with Crippen molar-refractivity contribution in [2.45, 2.75) is 45.1 Å². The Morgan fingerprint density at radius 2 is 2.00 bits per heavy atom. The molecule has 0 fully saturated rings. The Morgan fingerprint density at radius 1 is 1.28 bits per heavy atom. The van der Waals surface area contributed by atoms with E-state index in [2.05, 4.69) is 20.8 Å². The average molecular weight is 551 g/mol. The van der Waals surface area contributed by atoms with Crippen LogP contribution >= 0.6 is 22.9 Å². The Labute approximate surface area is 223 Å². The van der Waals surface area contributed by atoms with Crippen LogP contribution in [0.4, 0.5) is 15.8 Å². The van der Waals surface area contributed by atoms with Gasteiger partial charge in [0.1, 0.15) is 23.3 Å². The summed E-state index contributed by atoms with van der Waals surface area (Å²) < 4.78 is 37.2. The average Bonchev–Trinajstić information content (AvgIpc) is 3.10. The van der Waals surface area contributed by atoms with Crippen molar-refractivity contribution in [3.8, 4) is 5.75 Å². The summed E-state index contributed by atoms with van der Waals surface area (Å²) in [6.07, 6.45) is 0. The largest absolute Gasteiger partial charge is 0.491 e. The number of nitrogens with two attached hydrogens (primary N) is 2. The minimum atomic E-state index is -1.39. The van der Waals surface area contributed by atoms with Crippen LogP contribution in [0.15, 0.2) is 47.4 Å². The molecule has 2 unspecified atom stereocenters. The molecule has 0 bridgehead atoms. The van der Waals surface area contributed by atoms with Gasteiger partial charge in [-0.3, -0.25) is 0 Å². The third-order valence-electron chi connectivity index (χ3n) is 6.29. The van der Waals surface area contributed by atoms with E-state index in [1.807, 2.05) is 41.6 Å². The first-order chi connectivity index (χ1) is 17.0. The maximum atomic E-state index is 15.6. The molecule has 3 aromatic rings. The molecular formula is C26H32ClFN4O2S2. The predicted octanol–water partition coefficient (Wildman–Crippen LogP) is 5.92. The Kier molecular flexibility index (Phi) is 7.97. The Hall–Kier alpha value is -2.17. The van der Waals surface area contributed by atoms with E-state index in [-0.39, 0.29) is 17.0 Å². The van der Waals surface area contributed by atoms with Crippen LogP contribution in [0.3, 0.4) is 0 Å². The van der Waals surface area contributed by atoms with Crippen LogP contribution < -0.4 is 21.3 Å². The van der Waals surface area contributed by atoms with E-state index in [9.17, 15) is 4.21 Å². The van der Waals surface area contributed by atoms with Crippen molar-refractivity contribution >= 4 is 45.3 Å². The van der Waals surface area contributed by atoms with Crippen molar-refractivity contribution in [3.63, 3.8) is 0 Å². The third-order valence-corrected chi connectivity index (χ3v) is 9.29. The van der Waals surface area contributed by atoms with Gasteiger partial charge >= 0.3 is 0 Å². The zero-order chi connectivity index (χ0) is 26.2. The lowest BCUT2D eigenvalue weighted by Crippen LogP contribution is -2.31. The zero-order valence-corrected chi connectivity index (χ0v) is 23.3. The predicted molar refractivity (Wildman–Crippen MR) is 147 cm³/mol. The first-order valence-corrected chi connectivity index (χ1v) is 14.1. The standard InChI is InChI=1S/C26H32ClFN4O2S2/c1-5-32(30)18-11-10-17(23(28)24(18)29)22(26(2,3)4)20-14-16(25(27)35-20)15-31-12-13-34-19-8-6-7-9-21(19)36(31)33/h6-11,14,22H,5,12-13,15,29-30H2,1-4H3. The maximum Gasteiger partial charge on any atom is 0.152 e. The molecule has 194 valence electrons. The molecule has 2 heterocycles. The maximum absolute atomic E-state index is 15.6. The van der Waals surface area contributed by atoms with Crippen LogP contribution in [0.25, 0.3) is 0 Å². The summed E-state index contributed by atoms with van der Waals surface area (Å²) in [5.41, 5.74) is 7.69. The molecule has 4 rings (SSSR count). The van der Waals surface area contributed by atoms with Crippen molar-refractivity contribution in [1.29, 1.82) is 0 Å². The molecule has 1 aliphatic heterocycles. The van der Waals surface area contributed by atoms with Gasteiger partial charge < -0.3 is 15.5 Å². The number of nitrogens with zero attached hydrogens (tertiary/aromatic N) is 2. The highest BCUT2D eigenvalue weighted by Gasteiger charge is 2.34. The number of hydrogen-bond acceptors (Lipinski definition) is 6. The number of thiophene rings is 1. The summed E-state index contributed by atoms with van der Waals surface area (Å²) in [6, 6.07) is 12.9. The van der Waals surface area contributed by atoms with Crippen LogP contribution in [-0.2, 0) is 17.5 Å². The van der Waals surface area contributed by atoms with Gasteiger partial charge in [-0.25, -0.2) is 18.7 Å². The van der Waals surface area contributed by atoms with Crippen molar-refractivity contribution in [2.24, 2.45) is 11.3 Å². The molecule has 4 N–H and O–H groups in total. The molecule has 0 spiro atoms. The fourth-order valence-electron chi connectivity index (χ4n) is 4.49. The minimum absolute atomic E-state index is 0.0348. The van der Waals surface area contributed by atoms with Crippen LogP contribution in [0.5, 0.6) is 5.75 Å². The van der Waals surface area contributed by atoms with Gasteiger partial charge in [-0.15, -0.1) is 11.3 Å². The molecular weight excluding hydrogens is 519 g/mol. The van der Waals surface area contributed by atoms with Gasteiger partial charge in [-0.1, -0.05) is 50.6 Å². The fourth-order valence-corrected chi connectivity index (χ4v) is 7.40. The Balaban J connectivity index is 1.68. The second-order valence-electron chi connectivity index (χ2n) is 9.84. The number of nitrogen functional groups attached to an aromatic ring is 1. The van der Waals surface area contributed by atoms with Crippen molar-refractivity contribution in [1.82, 2.24) is 4.31 Å². The van der Waals surface area contributed by atoms with E-state index in [4.69, 9.17) is 27.9 Å². The van der Waals surface area contributed by atoms with Gasteiger partial charge in [0.05, 0.1) is 20.6 Å². The second kappa shape index (κ2) is 10.7. The molecule has 2 atom stereocenters. The molecule has 36 heavy (non-hydrogen) atoms. The van der Waals surface area contributed by atoms with Crippen LogP contribution in [0.1, 0.15) is 49.6 Å². The van der Waals surface area contributed by atoms with E-state index < -0.39 is 16.8 Å². The monoisotopic (exact) mass is 550 g/mol. The van der Waals surface area contributed by atoms with Gasteiger partial charge in [0.2, 0.25) is 0 Å². The normalized spacial score (nSPS) is 17.2. The topological polar surface area (TPSA) is 84.8 Å². The molecule has 10 heteroatoms. The minimum Gasteiger partial charge on any atom is -0.491 e. The third kappa shape index (κ3) is 5.26. The van der Waals surface area contributed by atoms with E-state index >= 15 is 4.39 Å². The lowest BCUT2D eigenvalue weighted by atomic mass is 9.75. The van der Waals surface area contributed by atoms with Crippen molar-refractivity contribution < 1.29 is 13.3 Å². The summed E-state index contributed by atoms with van der Waals surface area (Å²) in [5.74, 6) is 5.86. The van der Waals surface area contributed by atoms with Gasteiger partial charge in [-0.2, -0.15) is 0 Å². The second-order valence-corrected chi connectivity index (χ2v) is 13.0. The van der Waals surface area contributed by atoms with Crippen molar-refractivity contribution in [3.05, 3.63) is 68.6 Å². The number of hydrogen-bond donors (Lipinski definition) is 2. The van der Waals surface area contributed by atoms with Crippen LogP contribution in [-0.4, -0.2) is 28.2 Å². The summed E-state index contributed by atoms with van der Waals surface area (Å²) in [4.78, 5) is 1.57. The Bertz CT molecular complexity index is 1280. The summed E-state index contributed by atoms with van der Waals surface area (Å²) in [6.45, 7) is 9.87. The first kappa shape index (κ1) is 26.9. The van der Waals surface area contributed by atoms with E-state index in [0.717, 1.165) is 10.4 Å². The molecule has 1 aliphatic rings. The fraction of sp³-hybridized carbons (Fsp3) is 0.385. The van der Waals surface area contributed by atoms with Crippen LogP contribution in [0, 0.1) is 11.2 Å². The molecule has 2 aromatic carbocycles. The van der Waals surface area contributed by atoms with Gasteiger partial charge in [0.15, 0.2) is 5.82 Å². The molecule has 0 amide bonds. The molecule has 0 saturated carbocycles. The number of halogens is 2. The zero-order valence-electron chi connectivity index (χ0n) is 20.9. The number of benzene rings is 2. The summed E-state index contributed by atoms with van der Waals surface area (Å²) in [7, 11) is -1.39. The van der Waals surface area contributed by atoms with Gasteiger partial charge in [0.25, 0.3) is 0 Å². The summed E-state index contributed by atoms with van der Waals surface area (Å²) >= 11 is 8.13. The van der Waals surface area contributed by atoms with Crippen LogP contribution in [0.2, 0.25) is 4.34 Å². The quantitative estimate of drug-likeness (QED) is 0.226. The molecule has 0 saturated heterocycles. The SMILES string of the molecule is CCN(N)c1ccc(C(c2cc(CN3CCOc4ccccc4S3=O)c(Cl)s2)C(C)(C)C)c(F)c1N. The number of rotatable bonds is 6. The number of para-hydroxylation sites is 1. The highest BCUT2D eigenvalue weighted by Crippen LogP contribution is 2.47. The molecule has 6 nitrogen and oxygen atoms in total. The lowest BCUT2D eigenvalue weighted by Gasteiger charge is -2.32. The van der Waals surface area contributed by atoms with E-state index in [0.29, 0.717) is 52.5 Å². The molecule has 0 aliphatic carbocycles. The number of ether oxygens (including phenoxy) is 1. The van der Waals surface area contributed by atoms with Gasteiger partial charge in [-0.05, 0) is 47.7 Å². The van der Waals surface area contributed by atoms with E-state index in [1.165, 1.54) is 16.3 Å². The highest BCUT2D eigenvalue weighted by atomic mass is 35.5. The number of anilines is 2. The van der Waals surface area contributed by atoms with Crippen molar-refractivity contribution in [2.75, 3.05) is 30.4 Å². The molecule has 1 aromatic heterocycles.